The first-order chi connectivity index (χ1) is 8.48. The smallest absolute Gasteiger partial charge is 0.237 e. The Morgan fingerprint density at radius 2 is 2.06 bits per heavy atom. The third kappa shape index (κ3) is 5.36. The van der Waals surface area contributed by atoms with Crippen molar-refractivity contribution >= 4 is 5.91 Å². The monoisotopic (exact) mass is 255 g/mol. The van der Waals surface area contributed by atoms with Gasteiger partial charge in [-0.15, -0.1) is 0 Å². The summed E-state index contributed by atoms with van der Waals surface area (Å²) in [6.07, 6.45) is 6.90. The van der Waals surface area contributed by atoms with Gasteiger partial charge in [0.1, 0.15) is 0 Å². The van der Waals surface area contributed by atoms with Crippen LogP contribution >= 0.6 is 0 Å². The molecule has 1 aliphatic rings. The Labute approximate surface area is 111 Å². The highest BCUT2D eigenvalue weighted by atomic mass is 16.1. The minimum Gasteiger partial charge on any atom is -0.368 e. The van der Waals surface area contributed by atoms with E-state index in [1.807, 2.05) is 6.92 Å². The number of rotatable bonds is 10. The maximum atomic E-state index is 11.6. The first-order valence-electron chi connectivity index (χ1n) is 7.24. The highest BCUT2D eigenvalue weighted by Crippen LogP contribution is 2.24. The van der Waals surface area contributed by atoms with Crippen molar-refractivity contribution in [2.45, 2.75) is 64.0 Å². The summed E-state index contributed by atoms with van der Waals surface area (Å²) < 4.78 is 0. The molecule has 0 radical (unpaired) electrons. The van der Waals surface area contributed by atoms with Crippen molar-refractivity contribution in [1.29, 1.82) is 0 Å². The highest BCUT2D eigenvalue weighted by Gasteiger charge is 2.36. The van der Waals surface area contributed by atoms with Gasteiger partial charge < -0.3 is 16.0 Å². The van der Waals surface area contributed by atoms with Crippen LogP contribution in [0.3, 0.4) is 0 Å². The van der Waals surface area contributed by atoms with Crippen molar-refractivity contribution in [1.82, 2.24) is 10.2 Å². The summed E-state index contributed by atoms with van der Waals surface area (Å²) in [5.74, 6) is -0.226. The molecule has 0 heterocycles. The minimum absolute atomic E-state index is 0.226. The van der Waals surface area contributed by atoms with E-state index in [0.717, 1.165) is 19.5 Å². The van der Waals surface area contributed by atoms with Gasteiger partial charge in [0.15, 0.2) is 0 Å². The molecule has 3 N–H and O–H groups in total. The van der Waals surface area contributed by atoms with Crippen molar-refractivity contribution in [3.8, 4) is 0 Å². The second-order valence-corrected chi connectivity index (χ2v) is 5.88. The molecule has 18 heavy (non-hydrogen) atoms. The van der Waals surface area contributed by atoms with Crippen molar-refractivity contribution in [3.05, 3.63) is 0 Å². The van der Waals surface area contributed by atoms with Gasteiger partial charge in [-0.2, -0.15) is 0 Å². The van der Waals surface area contributed by atoms with E-state index in [1.165, 1.54) is 32.1 Å². The average Bonchev–Trinajstić information content (AvgIpc) is 3.10. The molecule has 0 aliphatic heterocycles. The number of primary amides is 1. The number of amides is 1. The molecule has 106 valence electrons. The molecule has 0 aromatic rings. The number of hydrogen-bond acceptors (Lipinski definition) is 3. The third-order valence-corrected chi connectivity index (χ3v) is 3.78. The van der Waals surface area contributed by atoms with Gasteiger partial charge in [-0.05, 0) is 46.2 Å². The molecule has 0 bridgehead atoms. The van der Waals surface area contributed by atoms with Crippen LogP contribution in [0.25, 0.3) is 0 Å². The van der Waals surface area contributed by atoms with E-state index in [4.69, 9.17) is 5.73 Å². The molecule has 0 aromatic carbocycles. The second-order valence-electron chi connectivity index (χ2n) is 5.88. The van der Waals surface area contributed by atoms with Gasteiger partial charge >= 0.3 is 0 Å². The average molecular weight is 255 g/mol. The Bertz CT molecular complexity index is 266. The molecule has 1 saturated carbocycles. The van der Waals surface area contributed by atoms with E-state index in [9.17, 15) is 4.79 Å². The fourth-order valence-electron chi connectivity index (χ4n) is 2.10. The lowest BCUT2D eigenvalue weighted by Crippen LogP contribution is -2.55. The van der Waals surface area contributed by atoms with E-state index in [1.54, 1.807) is 0 Å². The number of nitrogens with one attached hydrogen (secondary N) is 1. The third-order valence-electron chi connectivity index (χ3n) is 3.78. The number of hydrogen-bond donors (Lipinski definition) is 2. The van der Waals surface area contributed by atoms with E-state index in [-0.39, 0.29) is 5.91 Å². The molecule has 1 amide bonds. The highest BCUT2D eigenvalue weighted by molar-refractivity contribution is 5.84. The summed E-state index contributed by atoms with van der Waals surface area (Å²) in [4.78, 5) is 13.9. The molecule has 0 spiro atoms. The van der Waals surface area contributed by atoms with Crippen molar-refractivity contribution in [3.63, 3.8) is 0 Å². The normalized spacial score (nSPS) is 18.9. The largest absolute Gasteiger partial charge is 0.368 e. The van der Waals surface area contributed by atoms with Crippen molar-refractivity contribution < 1.29 is 4.79 Å². The fraction of sp³-hybridized carbons (Fsp3) is 0.929. The van der Waals surface area contributed by atoms with Gasteiger partial charge in [0.25, 0.3) is 0 Å². The van der Waals surface area contributed by atoms with Gasteiger partial charge in [-0.1, -0.05) is 19.8 Å². The Balaban J connectivity index is 2.29. The maximum absolute atomic E-state index is 11.6. The Hall–Kier alpha value is -0.610. The molecule has 1 rings (SSSR count). The van der Waals surface area contributed by atoms with Crippen LogP contribution in [0.1, 0.15) is 52.4 Å². The lowest BCUT2D eigenvalue weighted by Gasteiger charge is -2.30. The predicted octanol–water partition coefficient (Wildman–Crippen LogP) is 1.49. The van der Waals surface area contributed by atoms with Crippen molar-refractivity contribution in [2.24, 2.45) is 5.73 Å². The van der Waals surface area contributed by atoms with Crippen LogP contribution < -0.4 is 11.1 Å². The van der Waals surface area contributed by atoms with Crippen LogP contribution in [-0.2, 0) is 4.79 Å². The van der Waals surface area contributed by atoms with Gasteiger partial charge in [0.05, 0.1) is 5.54 Å². The summed E-state index contributed by atoms with van der Waals surface area (Å²) in [6.45, 7) is 6.17. The van der Waals surface area contributed by atoms with Crippen LogP contribution in [-0.4, -0.2) is 42.5 Å². The summed E-state index contributed by atoms with van der Waals surface area (Å²) in [6, 6.07) is 0.507. The Kier molecular flexibility index (Phi) is 6.09. The topological polar surface area (TPSA) is 58.4 Å². The number of nitrogens with zero attached hydrogens (tertiary/aromatic N) is 1. The second kappa shape index (κ2) is 7.10. The number of carbonyl (C=O) groups excluding carboxylic acids is 1. The van der Waals surface area contributed by atoms with Crippen LogP contribution in [0.2, 0.25) is 0 Å². The molecule has 4 nitrogen and oxygen atoms in total. The van der Waals surface area contributed by atoms with Crippen LogP contribution in [0.5, 0.6) is 0 Å². The molecular formula is C14H29N3O. The number of unbranched alkanes of at least 4 members (excludes halogenated alkanes) is 2. The van der Waals surface area contributed by atoms with E-state index in [0.29, 0.717) is 6.04 Å². The summed E-state index contributed by atoms with van der Waals surface area (Å²) in [5.41, 5.74) is 4.99. The summed E-state index contributed by atoms with van der Waals surface area (Å²) in [7, 11) is 2.12. The van der Waals surface area contributed by atoms with Gasteiger partial charge in [0, 0.05) is 12.6 Å². The van der Waals surface area contributed by atoms with Crippen LogP contribution in [0.15, 0.2) is 0 Å². The van der Waals surface area contributed by atoms with Crippen LogP contribution in [0, 0.1) is 0 Å². The Morgan fingerprint density at radius 1 is 1.39 bits per heavy atom. The standard InChI is InChI=1S/C14H29N3O/c1-4-5-6-10-17(3)11-9-14(2,13(15)18)16-12-7-8-12/h12,16H,4-11H2,1-3H3,(H2,15,18). The lowest BCUT2D eigenvalue weighted by molar-refractivity contribution is -0.124. The van der Waals surface area contributed by atoms with E-state index >= 15 is 0 Å². The van der Waals surface area contributed by atoms with Gasteiger partial charge in [-0.25, -0.2) is 0 Å². The van der Waals surface area contributed by atoms with Gasteiger partial charge in [0.2, 0.25) is 5.91 Å². The molecule has 1 aliphatic carbocycles. The zero-order chi connectivity index (χ0) is 13.6. The zero-order valence-electron chi connectivity index (χ0n) is 12.2. The molecule has 1 atom stereocenters. The van der Waals surface area contributed by atoms with E-state index in [2.05, 4.69) is 24.2 Å². The van der Waals surface area contributed by atoms with Crippen molar-refractivity contribution in [2.75, 3.05) is 20.1 Å². The lowest BCUT2D eigenvalue weighted by atomic mass is 9.96. The minimum atomic E-state index is -0.541. The fourth-order valence-corrected chi connectivity index (χ4v) is 2.10. The summed E-state index contributed by atoms with van der Waals surface area (Å²) in [5, 5.41) is 3.39. The SMILES string of the molecule is CCCCCN(C)CCC(C)(NC1CC1)C(N)=O. The molecule has 4 heteroatoms. The quantitative estimate of drug-likeness (QED) is 0.582. The van der Waals surface area contributed by atoms with Crippen LogP contribution in [0.4, 0.5) is 0 Å². The first kappa shape index (κ1) is 15.4. The first-order valence-corrected chi connectivity index (χ1v) is 7.24. The Morgan fingerprint density at radius 3 is 2.56 bits per heavy atom. The molecule has 0 aromatic heterocycles. The maximum Gasteiger partial charge on any atom is 0.237 e. The molecule has 1 fully saturated rings. The summed E-state index contributed by atoms with van der Waals surface area (Å²) >= 11 is 0. The molecule has 0 saturated heterocycles. The van der Waals surface area contributed by atoms with Gasteiger partial charge in [-0.3, -0.25) is 4.79 Å². The van der Waals surface area contributed by atoms with E-state index < -0.39 is 5.54 Å². The number of nitrogens with two attached hydrogens (primary N) is 1. The molecular weight excluding hydrogens is 226 g/mol. The zero-order valence-corrected chi connectivity index (χ0v) is 12.2. The predicted molar refractivity (Wildman–Crippen MR) is 75.4 cm³/mol. The number of carbonyl (C=O) groups is 1. The molecule has 1 unspecified atom stereocenters.